The molecule has 134 valence electrons. The van der Waals surface area contributed by atoms with Crippen LogP contribution in [0.3, 0.4) is 0 Å². The Kier molecular flexibility index (Phi) is 7.84. The molecule has 0 heterocycles. The summed E-state index contributed by atoms with van der Waals surface area (Å²) in [5, 5.41) is 12.8. The monoisotopic (exact) mass is 342 g/mol. The smallest absolute Gasteiger partial charge is 0.471 e. The predicted octanol–water partition coefficient (Wildman–Crippen LogP) is 1.81. The first-order valence-corrected chi connectivity index (χ1v) is 6.90. The molecule has 3 N–H and O–H groups in total. The van der Waals surface area contributed by atoms with Gasteiger partial charge in [0.05, 0.1) is 0 Å². The average Bonchev–Trinajstić information content (AvgIpc) is 2.32. The number of hydrogen-bond donors (Lipinski definition) is 3. The lowest BCUT2D eigenvalue weighted by atomic mass is 10.1. The number of carboxylic acid groups (broad SMARTS) is 1. The van der Waals surface area contributed by atoms with E-state index in [4.69, 9.17) is 9.84 Å². The van der Waals surface area contributed by atoms with Gasteiger partial charge in [-0.05, 0) is 40.0 Å². The van der Waals surface area contributed by atoms with E-state index >= 15 is 0 Å². The highest BCUT2D eigenvalue weighted by Crippen LogP contribution is 2.14. The number of alkyl carbamates (subject to hydrolysis) is 1. The number of ether oxygens (including phenoxy) is 1. The number of alkyl halides is 3. The van der Waals surface area contributed by atoms with Gasteiger partial charge in [0.15, 0.2) is 0 Å². The number of carbonyl (C=O) groups is 3. The highest BCUT2D eigenvalue weighted by atomic mass is 19.4. The van der Waals surface area contributed by atoms with Crippen LogP contribution in [0.25, 0.3) is 0 Å². The second kappa shape index (κ2) is 8.59. The van der Waals surface area contributed by atoms with E-state index in [1.165, 1.54) is 0 Å². The van der Waals surface area contributed by atoms with Crippen molar-refractivity contribution in [2.45, 2.75) is 57.9 Å². The molecule has 7 nitrogen and oxygen atoms in total. The fourth-order valence-electron chi connectivity index (χ4n) is 1.48. The number of carbonyl (C=O) groups excluding carboxylic acids is 2. The fourth-order valence-corrected chi connectivity index (χ4v) is 1.48. The van der Waals surface area contributed by atoms with E-state index in [0.717, 1.165) is 0 Å². The molecule has 23 heavy (non-hydrogen) atoms. The molecule has 0 aliphatic rings. The molecule has 0 bridgehead atoms. The molecule has 0 spiro atoms. The Hall–Kier alpha value is -2.00. The summed E-state index contributed by atoms with van der Waals surface area (Å²) in [6.45, 7) is 4.61. The summed E-state index contributed by atoms with van der Waals surface area (Å²) in [5.74, 6) is -3.32. The molecular formula is C13H21F3N2O5. The van der Waals surface area contributed by atoms with Crippen molar-refractivity contribution < 1.29 is 37.4 Å². The van der Waals surface area contributed by atoms with Gasteiger partial charge in [-0.15, -0.1) is 0 Å². The molecule has 0 saturated carbocycles. The summed E-state index contributed by atoms with van der Waals surface area (Å²) in [5.41, 5.74) is -0.783. The van der Waals surface area contributed by atoms with Crippen molar-refractivity contribution in [2.75, 3.05) is 6.54 Å². The van der Waals surface area contributed by atoms with Gasteiger partial charge in [0.25, 0.3) is 0 Å². The van der Waals surface area contributed by atoms with Crippen molar-refractivity contribution >= 4 is 18.0 Å². The number of aliphatic carboxylic acids is 1. The molecule has 0 aromatic heterocycles. The minimum absolute atomic E-state index is 0.00351. The molecule has 0 aromatic carbocycles. The zero-order valence-electron chi connectivity index (χ0n) is 13.1. The van der Waals surface area contributed by atoms with Gasteiger partial charge in [-0.3, -0.25) is 4.79 Å². The molecule has 0 rings (SSSR count). The van der Waals surface area contributed by atoms with Crippen molar-refractivity contribution in [1.82, 2.24) is 10.6 Å². The highest BCUT2D eigenvalue weighted by molar-refractivity contribution is 5.81. The van der Waals surface area contributed by atoms with Crippen LogP contribution in [0.2, 0.25) is 0 Å². The Balaban J connectivity index is 4.14. The summed E-state index contributed by atoms with van der Waals surface area (Å²) in [4.78, 5) is 33.0. The largest absolute Gasteiger partial charge is 0.480 e. The van der Waals surface area contributed by atoms with Gasteiger partial charge >= 0.3 is 24.1 Å². The maximum Gasteiger partial charge on any atom is 0.471 e. The normalized spacial score (nSPS) is 13.1. The second-order valence-corrected chi connectivity index (χ2v) is 5.79. The van der Waals surface area contributed by atoms with Gasteiger partial charge in [-0.2, -0.15) is 13.2 Å². The number of halogens is 3. The van der Waals surface area contributed by atoms with Gasteiger partial charge in [0.2, 0.25) is 0 Å². The molecule has 2 amide bonds. The first-order chi connectivity index (χ1) is 10.3. The maximum absolute atomic E-state index is 11.9. The van der Waals surface area contributed by atoms with Crippen LogP contribution < -0.4 is 10.6 Å². The van der Waals surface area contributed by atoms with Crippen LogP contribution in [0.5, 0.6) is 0 Å². The Morgan fingerprint density at radius 3 is 2.13 bits per heavy atom. The van der Waals surface area contributed by atoms with Crippen molar-refractivity contribution in [3.8, 4) is 0 Å². The Bertz CT molecular complexity index is 432. The minimum Gasteiger partial charge on any atom is -0.480 e. The van der Waals surface area contributed by atoms with E-state index in [1.807, 2.05) is 0 Å². The minimum atomic E-state index is -4.94. The van der Waals surface area contributed by atoms with E-state index in [9.17, 15) is 27.6 Å². The molecule has 0 saturated heterocycles. The van der Waals surface area contributed by atoms with Gasteiger partial charge in [-0.25, -0.2) is 9.59 Å². The Morgan fingerprint density at radius 1 is 1.13 bits per heavy atom. The predicted molar refractivity (Wildman–Crippen MR) is 73.7 cm³/mol. The number of nitrogens with one attached hydrogen (secondary N) is 2. The molecule has 10 heteroatoms. The zero-order valence-corrected chi connectivity index (χ0v) is 13.1. The zero-order chi connectivity index (χ0) is 18.3. The summed E-state index contributed by atoms with van der Waals surface area (Å²) < 4.78 is 40.7. The van der Waals surface area contributed by atoms with E-state index in [2.05, 4.69) is 5.32 Å². The number of amides is 2. The van der Waals surface area contributed by atoms with Gasteiger partial charge in [-0.1, -0.05) is 0 Å². The van der Waals surface area contributed by atoms with Crippen LogP contribution in [0.1, 0.15) is 40.0 Å². The third-order valence-electron chi connectivity index (χ3n) is 2.45. The second-order valence-electron chi connectivity index (χ2n) is 5.79. The highest BCUT2D eigenvalue weighted by Gasteiger charge is 2.38. The van der Waals surface area contributed by atoms with Crippen LogP contribution in [0.4, 0.5) is 18.0 Å². The van der Waals surface area contributed by atoms with Crippen molar-refractivity contribution in [3.05, 3.63) is 0 Å². The maximum atomic E-state index is 11.9. The summed E-state index contributed by atoms with van der Waals surface area (Å²) in [6, 6.07) is -1.22. The average molecular weight is 342 g/mol. The molecule has 0 aliphatic heterocycles. The van der Waals surface area contributed by atoms with Crippen LogP contribution in [0.15, 0.2) is 0 Å². The van der Waals surface area contributed by atoms with E-state index in [0.29, 0.717) is 0 Å². The molecule has 0 fully saturated rings. The van der Waals surface area contributed by atoms with Gasteiger partial charge in [0, 0.05) is 6.54 Å². The van der Waals surface area contributed by atoms with Gasteiger partial charge < -0.3 is 20.5 Å². The number of hydrogen-bond acceptors (Lipinski definition) is 4. The lowest BCUT2D eigenvalue weighted by molar-refractivity contribution is -0.173. The fraction of sp³-hybridized carbons (Fsp3) is 0.769. The summed E-state index contributed by atoms with van der Waals surface area (Å²) in [7, 11) is 0. The Morgan fingerprint density at radius 2 is 1.70 bits per heavy atom. The van der Waals surface area contributed by atoms with Crippen LogP contribution in [0, 0.1) is 0 Å². The SMILES string of the molecule is CC(C)(C)OC(=O)NC(CCCCNC(=O)C(F)(F)F)C(=O)O. The van der Waals surface area contributed by atoms with Crippen LogP contribution in [-0.2, 0) is 14.3 Å². The third-order valence-corrected chi connectivity index (χ3v) is 2.45. The lowest BCUT2D eigenvalue weighted by Gasteiger charge is -2.22. The van der Waals surface area contributed by atoms with E-state index in [-0.39, 0.29) is 25.8 Å². The van der Waals surface area contributed by atoms with E-state index in [1.54, 1.807) is 26.1 Å². The summed E-state index contributed by atoms with van der Waals surface area (Å²) >= 11 is 0. The van der Waals surface area contributed by atoms with Crippen LogP contribution in [-0.4, -0.2) is 47.4 Å². The molecule has 0 aliphatic carbocycles. The topological polar surface area (TPSA) is 105 Å². The quantitative estimate of drug-likeness (QED) is 0.612. The number of carboxylic acids is 1. The Labute approximate surface area is 131 Å². The number of rotatable bonds is 7. The molecule has 0 aromatic rings. The third kappa shape index (κ3) is 10.4. The molecule has 1 atom stereocenters. The number of unbranched alkanes of at least 4 members (excludes halogenated alkanes) is 1. The van der Waals surface area contributed by atoms with Crippen LogP contribution >= 0.6 is 0 Å². The first kappa shape index (κ1) is 21.0. The van der Waals surface area contributed by atoms with Crippen molar-refractivity contribution in [3.63, 3.8) is 0 Å². The molecule has 0 radical (unpaired) electrons. The standard InChI is InChI=1S/C13H21F3N2O5/c1-12(2,3)23-11(22)18-8(9(19)20)6-4-5-7-17-10(21)13(14,15)16/h8H,4-7H2,1-3H3,(H,17,21)(H,18,22)(H,19,20). The summed E-state index contributed by atoms with van der Waals surface area (Å²) in [6.07, 6.45) is -5.50. The molecular weight excluding hydrogens is 321 g/mol. The van der Waals surface area contributed by atoms with Crippen molar-refractivity contribution in [2.24, 2.45) is 0 Å². The van der Waals surface area contributed by atoms with Crippen molar-refractivity contribution in [1.29, 1.82) is 0 Å². The lowest BCUT2D eigenvalue weighted by Crippen LogP contribution is -2.43. The van der Waals surface area contributed by atoms with Gasteiger partial charge in [0.1, 0.15) is 11.6 Å². The van der Waals surface area contributed by atoms with E-state index < -0.39 is 35.8 Å². The first-order valence-electron chi connectivity index (χ1n) is 6.90. The molecule has 1 unspecified atom stereocenters.